The molecule has 2 amide bonds. The molecule has 0 bridgehead atoms. The minimum atomic E-state index is -0.201. The molecule has 0 radical (unpaired) electrons. The van der Waals surface area contributed by atoms with Gasteiger partial charge in [0, 0.05) is 41.2 Å². The minimum Gasteiger partial charge on any atom is -0.486 e. The van der Waals surface area contributed by atoms with Gasteiger partial charge in [-0.2, -0.15) is 5.10 Å². The number of H-pyrrole nitrogens is 1. The number of amides is 2. The molecule has 2 aliphatic heterocycles. The van der Waals surface area contributed by atoms with E-state index in [-0.39, 0.29) is 17.9 Å². The fraction of sp³-hybridized carbons (Fsp3) is 0.171. The van der Waals surface area contributed by atoms with E-state index in [1.54, 1.807) is 29.2 Å². The molecule has 3 heterocycles. The molecule has 0 aliphatic carbocycles. The Bertz CT molecular complexity index is 1900. The molecule has 7 rings (SSSR count). The van der Waals surface area contributed by atoms with Crippen LogP contribution in [0.5, 0.6) is 11.5 Å². The summed E-state index contributed by atoms with van der Waals surface area (Å²) in [7, 11) is 0. The summed E-state index contributed by atoms with van der Waals surface area (Å²) in [5.41, 5.74) is 5.50. The number of hydrogen-bond donors (Lipinski definition) is 2. The maximum absolute atomic E-state index is 13.5. The van der Waals surface area contributed by atoms with E-state index in [4.69, 9.17) is 9.47 Å². The monoisotopic (exact) mass is 568 g/mol. The van der Waals surface area contributed by atoms with Crippen LogP contribution < -0.4 is 14.8 Å². The Kier molecular flexibility index (Phi) is 6.97. The van der Waals surface area contributed by atoms with Crippen LogP contribution in [0, 0.1) is 11.8 Å². The second-order valence-corrected chi connectivity index (χ2v) is 10.6. The third-order valence-corrected chi connectivity index (χ3v) is 7.75. The van der Waals surface area contributed by atoms with Gasteiger partial charge in [-0.1, -0.05) is 54.5 Å². The van der Waals surface area contributed by atoms with E-state index in [0.29, 0.717) is 61.0 Å². The molecule has 2 N–H and O–H groups in total. The molecule has 212 valence electrons. The third-order valence-electron chi connectivity index (χ3n) is 7.75. The molecule has 8 nitrogen and oxygen atoms in total. The van der Waals surface area contributed by atoms with Crippen molar-refractivity contribution in [2.75, 3.05) is 26.3 Å². The molecular formula is C35H28N4O4. The van der Waals surface area contributed by atoms with E-state index in [9.17, 15) is 9.59 Å². The van der Waals surface area contributed by atoms with Crippen LogP contribution in [-0.4, -0.2) is 59.3 Å². The Hall–Kier alpha value is -5.55. The van der Waals surface area contributed by atoms with Crippen molar-refractivity contribution in [1.29, 1.82) is 0 Å². The van der Waals surface area contributed by atoms with Gasteiger partial charge in [-0.25, -0.2) is 0 Å². The fourth-order valence-corrected chi connectivity index (χ4v) is 5.53. The Morgan fingerprint density at radius 2 is 1.65 bits per heavy atom. The van der Waals surface area contributed by atoms with Crippen LogP contribution >= 0.6 is 0 Å². The Morgan fingerprint density at radius 3 is 2.53 bits per heavy atom. The molecule has 8 heteroatoms. The maximum atomic E-state index is 13.5. The quantitative estimate of drug-likeness (QED) is 0.296. The van der Waals surface area contributed by atoms with Crippen LogP contribution in [0.25, 0.3) is 22.0 Å². The number of carbonyl (C=O) groups excluding carboxylic acids is 2. The van der Waals surface area contributed by atoms with Crippen LogP contribution in [0.1, 0.15) is 38.4 Å². The van der Waals surface area contributed by atoms with Crippen molar-refractivity contribution in [1.82, 2.24) is 20.4 Å². The van der Waals surface area contributed by atoms with Gasteiger partial charge in [0.2, 0.25) is 0 Å². The molecule has 0 unspecified atom stereocenters. The highest BCUT2D eigenvalue weighted by atomic mass is 16.6. The van der Waals surface area contributed by atoms with Gasteiger partial charge in [0.1, 0.15) is 18.9 Å². The summed E-state index contributed by atoms with van der Waals surface area (Å²) < 4.78 is 11.1. The summed E-state index contributed by atoms with van der Waals surface area (Å²) in [6.07, 6.45) is 0.674. The Morgan fingerprint density at radius 1 is 0.860 bits per heavy atom. The lowest BCUT2D eigenvalue weighted by molar-refractivity contribution is 0.0783. The van der Waals surface area contributed by atoms with Crippen molar-refractivity contribution in [2.24, 2.45) is 0 Å². The maximum Gasteiger partial charge on any atom is 0.253 e. The molecule has 0 saturated carbocycles. The summed E-state index contributed by atoms with van der Waals surface area (Å²) in [5, 5.41) is 11.3. The van der Waals surface area contributed by atoms with Crippen molar-refractivity contribution in [2.45, 2.75) is 12.5 Å². The zero-order valence-corrected chi connectivity index (χ0v) is 23.3. The zero-order chi connectivity index (χ0) is 29.2. The number of ether oxygens (including phenoxy) is 2. The zero-order valence-electron chi connectivity index (χ0n) is 23.3. The van der Waals surface area contributed by atoms with Crippen molar-refractivity contribution in [3.05, 3.63) is 113 Å². The first-order chi connectivity index (χ1) is 21.1. The van der Waals surface area contributed by atoms with Crippen LogP contribution in [0.4, 0.5) is 0 Å². The average Bonchev–Trinajstić information content (AvgIpc) is 3.70. The van der Waals surface area contributed by atoms with Gasteiger partial charge in [-0.3, -0.25) is 14.7 Å². The number of rotatable bonds is 4. The van der Waals surface area contributed by atoms with E-state index in [2.05, 4.69) is 45.6 Å². The lowest BCUT2D eigenvalue weighted by atomic mass is 10.00. The summed E-state index contributed by atoms with van der Waals surface area (Å²) >= 11 is 0. The minimum absolute atomic E-state index is 0.0903. The molecule has 4 aromatic carbocycles. The lowest BCUT2D eigenvalue weighted by Gasteiger charge is -2.19. The number of nitrogens with one attached hydrogen (secondary N) is 2. The number of aromatic amines is 1. The van der Waals surface area contributed by atoms with Gasteiger partial charge in [-0.15, -0.1) is 0 Å². The molecule has 1 aromatic heterocycles. The van der Waals surface area contributed by atoms with Gasteiger partial charge < -0.3 is 19.7 Å². The highest BCUT2D eigenvalue weighted by molar-refractivity contribution is 5.99. The Balaban J connectivity index is 1.06. The molecular weight excluding hydrogens is 540 g/mol. The third kappa shape index (κ3) is 5.41. The van der Waals surface area contributed by atoms with Crippen molar-refractivity contribution in [3.8, 4) is 34.5 Å². The number of nitrogens with zero attached hydrogens (tertiary/aromatic N) is 2. The molecule has 1 saturated heterocycles. The van der Waals surface area contributed by atoms with Gasteiger partial charge in [0.25, 0.3) is 11.8 Å². The normalized spacial score (nSPS) is 15.5. The van der Waals surface area contributed by atoms with Crippen LogP contribution in [0.2, 0.25) is 0 Å². The fourth-order valence-electron chi connectivity index (χ4n) is 5.53. The first-order valence-electron chi connectivity index (χ1n) is 14.3. The molecule has 1 atom stereocenters. The van der Waals surface area contributed by atoms with Gasteiger partial charge in [0.05, 0.1) is 5.52 Å². The van der Waals surface area contributed by atoms with Gasteiger partial charge in [0.15, 0.2) is 11.5 Å². The number of aromatic nitrogens is 2. The first-order valence-corrected chi connectivity index (χ1v) is 14.3. The van der Waals surface area contributed by atoms with E-state index in [0.717, 1.165) is 27.6 Å². The first kappa shape index (κ1) is 26.4. The van der Waals surface area contributed by atoms with Crippen molar-refractivity contribution >= 4 is 22.7 Å². The average molecular weight is 569 g/mol. The van der Waals surface area contributed by atoms with Gasteiger partial charge in [-0.05, 0) is 65.9 Å². The standard InChI is InChI=1S/C35H28N4O4/c40-34(25-12-15-32-33(21-25)43-19-18-42-32)36-27-16-17-39(22-27)35(41)26-11-14-31-29(20-26)30(37-38-31)13-10-24-8-4-5-9-28(24)23-6-2-1-3-7-23/h1-9,11-12,14-15,20-21,27H,16-19,22H2,(H,36,40)(H,37,38)/t27-/m1/s1. The molecule has 5 aromatic rings. The predicted octanol–water partition coefficient (Wildman–Crippen LogP) is 5.05. The summed E-state index contributed by atoms with van der Waals surface area (Å²) in [6.45, 7) is 1.94. The molecule has 1 fully saturated rings. The SMILES string of the molecule is O=C(N[C@@H]1CCN(C(=O)c2ccc3[nH]nc(C#Cc4ccccc4-c4ccccc4)c3c2)C1)c1ccc2c(c1)OCCO2. The van der Waals surface area contributed by atoms with Crippen molar-refractivity contribution in [3.63, 3.8) is 0 Å². The summed E-state index contributed by atoms with van der Waals surface area (Å²) in [4.78, 5) is 28.2. The smallest absolute Gasteiger partial charge is 0.253 e. The van der Waals surface area contributed by atoms with E-state index >= 15 is 0 Å². The molecule has 2 aliphatic rings. The topological polar surface area (TPSA) is 96.6 Å². The lowest BCUT2D eigenvalue weighted by Crippen LogP contribution is -2.38. The molecule has 43 heavy (non-hydrogen) atoms. The number of carbonyl (C=O) groups is 2. The second-order valence-electron chi connectivity index (χ2n) is 10.6. The number of likely N-dealkylation sites (tertiary alicyclic amines) is 1. The summed E-state index contributed by atoms with van der Waals surface area (Å²) in [5.74, 6) is 7.41. The van der Waals surface area contributed by atoms with Crippen LogP contribution in [0.3, 0.4) is 0 Å². The Labute approximate surface area is 248 Å². The van der Waals surface area contributed by atoms with E-state index in [1.165, 1.54) is 0 Å². The van der Waals surface area contributed by atoms with Gasteiger partial charge >= 0.3 is 0 Å². The summed E-state index contributed by atoms with van der Waals surface area (Å²) in [6, 6.07) is 28.7. The van der Waals surface area contributed by atoms with Crippen LogP contribution in [-0.2, 0) is 0 Å². The highest BCUT2D eigenvalue weighted by Crippen LogP contribution is 2.31. The number of fused-ring (bicyclic) bond motifs is 2. The number of benzene rings is 4. The van der Waals surface area contributed by atoms with E-state index in [1.807, 2.05) is 48.5 Å². The number of hydrogen-bond acceptors (Lipinski definition) is 5. The van der Waals surface area contributed by atoms with Crippen molar-refractivity contribution < 1.29 is 19.1 Å². The highest BCUT2D eigenvalue weighted by Gasteiger charge is 2.29. The van der Waals surface area contributed by atoms with Crippen LogP contribution in [0.15, 0.2) is 91.0 Å². The predicted molar refractivity (Wildman–Crippen MR) is 163 cm³/mol. The molecule has 0 spiro atoms. The second kappa shape index (κ2) is 11.4. The largest absolute Gasteiger partial charge is 0.486 e. The van der Waals surface area contributed by atoms with E-state index < -0.39 is 0 Å².